The zero-order valence-electron chi connectivity index (χ0n) is 13.2. The molecule has 0 radical (unpaired) electrons. The molecule has 7 heteroatoms. The highest BCUT2D eigenvalue weighted by atomic mass is 16.5. The summed E-state index contributed by atoms with van der Waals surface area (Å²) in [5.74, 6) is 1.79. The number of hydrogen-bond donors (Lipinski definition) is 1. The number of nitrogens with zero attached hydrogens (tertiary/aromatic N) is 5. The average molecular weight is 322 g/mol. The molecule has 1 aliphatic heterocycles. The number of anilines is 1. The predicted octanol–water partition coefficient (Wildman–Crippen LogP) is 2.12. The molecule has 122 valence electrons. The van der Waals surface area contributed by atoms with E-state index in [0.717, 1.165) is 37.3 Å². The van der Waals surface area contributed by atoms with Crippen LogP contribution < -0.4 is 10.6 Å². The smallest absolute Gasteiger partial charge is 0.262 e. The fourth-order valence-electron chi connectivity index (χ4n) is 2.86. The van der Waals surface area contributed by atoms with E-state index in [0.29, 0.717) is 17.4 Å². The van der Waals surface area contributed by atoms with E-state index in [1.54, 1.807) is 12.4 Å². The fraction of sp³-hybridized carbons (Fsp3) is 0.294. The lowest BCUT2D eigenvalue weighted by Crippen LogP contribution is -2.40. The van der Waals surface area contributed by atoms with Crippen LogP contribution in [0.2, 0.25) is 0 Å². The molecule has 24 heavy (non-hydrogen) atoms. The summed E-state index contributed by atoms with van der Waals surface area (Å²) in [6, 6.07) is 9.69. The summed E-state index contributed by atoms with van der Waals surface area (Å²) < 4.78 is 5.47. The number of pyridine rings is 2. The van der Waals surface area contributed by atoms with Crippen molar-refractivity contribution in [3.8, 4) is 23.0 Å². The number of rotatable bonds is 3. The normalized spacial score (nSPS) is 15.6. The molecule has 0 aromatic carbocycles. The van der Waals surface area contributed by atoms with Crippen LogP contribution in [0.25, 0.3) is 23.0 Å². The monoisotopic (exact) mass is 322 g/mol. The van der Waals surface area contributed by atoms with Crippen molar-refractivity contribution in [2.45, 2.75) is 18.9 Å². The van der Waals surface area contributed by atoms with Gasteiger partial charge in [-0.05, 0) is 37.1 Å². The van der Waals surface area contributed by atoms with Crippen LogP contribution in [0, 0.1) is 0 Å². The maximum Gasteiger partial charge on any atom is 0.262 e. The van der Waals surface area contributed by atoms with Gasteiger partial charge in [-0.15, -0.1) is 0 Å². The van der Waals surface area contributed by atoms with E-state index in [-0.39, 0.29) is 6.04 Å². The van der Waals surface area contributed by atoms with Gasteiger partial charge in [-0.3, -0.25) is 4.98 Å². The molecule has 2 N–H and O–H groups in total. The van der Waals surface area contributed by atoms with E-state index in [4.69, 9.17) is 10.3 Å². The van der Waals surface area contributed by atoms with Crippen molar-refractivity contribution in [2.75, 3.05) is 18.0 Å². The first-order valence-electron chi connectivity index (χ1n) is 8.02. The minimum atomic E-state index is 0.271. The zero-order valence-corrected chi connectivity index (χ0v) is 13.2. The van der Waals surface area contributed by atoms with Gasteiger partial charge in [0, 0.05) is 31.5 Å². The van der Waals surface area contributed by atoms with Crippen molar-refractivity contribution in [2.24, 2.45) is 5.73 Å². The lowest BCUT2D eigenvalue weighted by molar-refractivity contribution is 0.431. The van der Waals surface area contributed by atoms with Gasteiger partial charge >= 0.3 is 0 Å². The molecule has 0 saturated carbocycles. The Balaban J connectivity index is 1.67. The molecule has 0 spiro atoms. The Morgan fingerprint density at radius 1 is 1.04 bits per heavy atom. The van der Waals surface area contributed by atoms with Gasteiger partial charge < -0.3 is 15.2 Å². The van der Waals surface area contributed by atoms with Crippen LogP contribution in [-0.2, 0) is 0 Å². The number of nitrogens with two attached hydrogens (primary N) is 1. The SMILES string of the molecule is NC1CCN(c2ncccc2-c2nc(-c3ccccn3)no2)CC1. The second-order valence-corrected chi connectivity index (χ2v) is 5.84. The lowest BCUT2D eigenvalue weighted by Gasteiger charge is -2.31. The van der Waals surface area contributed by atoms with Crippen LogP contribution in [0.4, 0.5) is 5.82 Å². The molecule has 4 heterocycles. The Bertz CT molecular complexity index is 811. The van der Waals surface area contributed by atoms with Gasteiger partial charge in [-0.25, -0.2) is 4.98 Å². The minimum Gasteiger partial charge on any atom is -0.356 e. The molecule has 3 aromatic heterocycles. The molecule has 3 aromatic rings. The Kier molecular flexibility index (Phi) is 3.92. The topological polar surface area (TPSA) is 94.0 Å². The molecular formula is C17H18N6O. The van der Waals surface area contributed by atoms with E-state index in [1.165, 1.54) is 0 Å². The van der Waals surface area contributed by atoms with Crippen LogP contribution in [0.15, 0.2) is 47.2 Å². The van der Waals surface area contributed by atoms with Crippen LogP contribution in [0.3, 0.4) is 0 Å². The second-order valence-electron chi connectivity index (χ2n) is 5.84. The number of hydrogen-bond acceptors (Lipinski definition) is 7. The number of aromatic nitrogens is 4. The van der Waals surface area contributed by atoms with E-state index in [9.17, 15) is 0 Å². The van der Waals surface area contributed by atoms with Crippen molar-refractivity contribution in [1.29, 1.82) is 0 Å². The maximum atomic E-state index is 6.00. The molecule has 1 saturated heterocycles. The third-order valence-corrected chi connectivity index (χ3v) is 4.18. The van der Waals surface area contributed by atoms with E-state index in [2.05, 4.69) is 25.0 Å². The summed E-state index contributed by atoms with van der Waals surface area (Å²) in [6.07, 6.45) is 5.40. The van der Waals surface area contributed by atoms with Crippen LogP contribution in [0.5, 0.6) is 0 Å². The molecule has 0 unspecified atom stereocenters. The minimum absolute atomic E-state index is 0.271. The number of piperidine rings is 1. The largest absolute Gasteiger partial charge is 0.356 e. The lowest BCUT2D eigenvalue weighted by atomic mass is 10.1. The van der Waals surface area contributed by atoms with Crippen LogP contribution in [0.1, 0.15) is 12.8 Å². The van der Waals surface area contributed by atoms with Crippen molar-refractivity contribution >= 4 is 5.82 Å². The molecule has 0 bridgehead atoms. The maximum absolute atomic E-state index is 6.00. The summed E-state index contributed by atoms with van der Waals surface area (Å²) >= 11 is 0. The summed E-state index contributed by atoms with van der Waals surface area (Å²) in [4.78, 5) is 15.5. The van der Waals surface area contributed by atoms with Gasteiger partial charge in [0.05, 0.1) is 5.56 Å². The van der Waals surface area contributed by atoms with Gasteiger partial charge in [-0.2, -0.15) is 4.98 Å². The van der Waals surface area contributed by atoms with Crippen molar-refractivity contribution < 1.29 is 4.52 Å². The highest BCUT2D eigenvalue weighted by molar-refractivity contribution is 5.70. The first-order valence-corrected chi connectivity index (χ1v) is 8.02. The van der Waals surface area contributed by atoms with Gasteiger partial charge in [0.1, 0.15) is 11.5 Å². The van der Waals surface area contributed by atoms with Crippen molar-refractivity contribution in [3.05, 3.63) is 42.7 Å². The quantitative estimate of drug-likeness (QED) is 0.789. The standard InChI is InChI=1S/C17H18N6O/c18-12-6-10-23(11-7-12)16-13(4-3-9-20-16)17-21-15(22-24-17)14-5-1-2-8-19-14/h1-5,8-9,12H,6-7,10-11,18H2. The van der Waals surface area contributed by atoms with Crippen molar-refractivity contribution in [1.82, 2.24) is 20.1 Å². The van der Waals surface area contributed by atoms with Gasteiger partial charge in [0.25, 0.3) is 5.89 Å². The molecule has 7 nitrogen and oxygen atoms in total. The molecule has 4 rings (SSSR count). The molecule has 0 atom stereocenters. The van der Waals surface area contributed by atoms with E-state index >= 15 is 0 Å². The Morgan fingerprint density at radius 2 is 1.88 bits per heavy atom. The third kappa shape index (κ3) is 2.85. The van der Waals surface area contributed by atoms with Gasteiger partial charge in [0.2, 0.25) is 5.82 Å². The van der Waals surface area contributed by atoms with Crippen LogP contribution in [-0.4, -0.2) is 39.2 Å². The summed E-state index contributed by atoms with van der Waals surface area (Å²) in [7, 11) is 0. The Labute approximate surface area is 139 Å². The first-order chi connectivity index (χ1) is 11.8. The van der Waals surface area contributed by atoms with Gasteiger partial charge in [-0.1, -0.05) is 11.2 Å². The predicted molar refractivity (Wildman–Crippen MR) is 90.2 cm³/mol. The van der Waals surface area contributed by atoms with Gasteiger partial charge in [0.15, 0.2) is 0 Å². The average Bonchev–Trinajstić information content (AvgIpc) is 3.13. The highest BCUT2D eigenvalue weighted by Gasteiger charge is 2.22. The Morgan fingerprint density at radius 3 is 2.67 bits per heavy atom. The second kappa shape index (κ2) is 6.37. The zero-order chi connectivity index (χ0) is 16.4. The first kappa shape index (κ1) is 14.8. The molecule has 1 fully saturated rings. The van der Waals surface area contributed by atoms with E-state index in [1.807, 2.05) is 30.3 Å². The molecular weight excluding hydrogens is 304 g/mol. The summed E-state index contributed by atoms with van der Waals surface area (Å²) in [6.45, 7) is 1.76. The van der Waals surface area contributed by atoms with E-state index < -0.39 is 0 Å². The Hall–Kier alpha value is -2.80. The fourth-order valence-corrected chi connectivity index (χ4v) is 2.86. The molecule has 0 aliphatic carbocycles. The van der Waals surface area contributed by atoms with Crippen molar-refractivity contribution in [3.63, 3.8) is 0 Å². The summed E-state index contributed by atoms with van der Waals surface area (Å²) in [5.41, 5.74) is 7.52. The molecule has 0 amide bonds. The molecule has 1 aliphatic rings. The highest BCUT2D eigenvalue weighted by Crippen LogP contribution is 2.30. The third-order valence-electron chi connectivity index (χ3n) is 4.18. The summed E-state index contributed by atoms with van der Waals surface area (Å²) in [5, 5.41) is 4.05. The van der Waals surface area contributed by atoms with Crippen LogP contribution >= 0.6 is 0 Å².